The van der Waals surface area contributed by atoms with E-state index in [1.165, 1.54) is 30.5 Å². The van der Waals surface area contributed by atoms with E-state index in [0.717, 1.165) is 0 Å². The Kier molecular flexibility index (Phi) is 5.51. The lowest BCUT2D eigenvalue weighted by Gasteiger charge is -2.05. The Balaban J connectivity index is 1.85. The minimum Gasteiger partial charge on any atom is -0.326 e. The van der Waals surface area contributed by atoms with Crippen molar-refractivity contribution in [2.45, 2.75) is 13.3 Å². The van der Waals surface area contributed by atoms with Gasteiger partial charge in [0.1, 0.15) is 11.5 Å². The van der Waals surface area contributed by atoms with Crippen molar-refractivity contribution in [3.63, 3.8) is 0 Å². The molecule has 2 amide bonds. The standard InChI is InChI=1S/C16H15FN4O2/c1-11(20-21-16(23)14-4-2-3-9-18-14)10-15(22)19-13-7-5-12(17)6-8-13/h2-9H,10H2,1H3,(H,19,22)(H,21,23)/b20-11-. The van der Waals surface area contributed by atoms with E-state index in [4.69, 9.17) is 0 Å². The Morgan fingerprint density at radius 3 is 2.57 bits per heavy atom. The maximum Gasteiger partial charge on any atom is 0.289 e. The molecule has 0 unspecified atom stereocenters. The molecule has 0 bridgehead atoms. The minimum atomic E-state index is -0.455. The predicted molar refractivity (Wildman–Crippen MR) is 84.5 cm³/mol. The van der Waals surface area contributed by atoms with Gasteiger partial charge < -0.3 is 5.32 Å². The molecule has 0 radical (unpaired) electrons. The van der Waals surface area contributed by atoms with Crippen LogP contribution in [0.15, 0.2) is 53.8 Å². The molecule has 1 aromatic heterocycles. The Morgan fingerprint density at radius 2 is 1.91 bits per heavy atom. The van der Waals surface area contributed by atoms with Crippen LogP contribution in [0.5, 0.6) is 0 Å². The fourth-order valence-corrected chi connectivity index (χ4v) is 1.71. The highest BCUT2D eigenvalue weighted by molar-refractivity contribution is 6.06. The maximum absolute atomic E-state index is 12.8. The van der Waals surface area contributed by atoms with E-state index in [1.807, 2.05) is 0 Å². The summed E-state index contributed by atoms with van der Waals surface area (Å²) in [6.07, 6.45) is 1.50. The molecule has 0 aliphatic carbocycles. The second-order valence-corrected chi connectivity index (χ2v) is 4.73. The Labute approximate surface area is 132 Å². The van der Waals surface area contributed by atoms with E-state index in [-0.39, 0.29) is 23.8 Å². The first-order chi connectivity index (χ1) is 11.0. The summed E-state index contributed by atoms with van der Waals surface area (Å²) in [5, 5.41) is 6.46. The van der Waals surface area contributed by atoms with Gasteiger partial charge in [0, 0.05) is 17.6 Å². The summed E-state index contributed by atoms with van der Waals surface area (Å²) in [5.41, 5.74) is 3.48. The van der Waals surface area contributed by atoms with Crippen molar-refractivity contribution in [3.05, 3.63) is 60.2 Å². The fraction of sp³-hybridized carbons (Fsp3) is 0.125. The van der Waals surface area contributed by atoms with Gasteiger partial charge in [-0.2, -0.15) is 5.10 Å². The number of hydrogen-bond donors (Lipinski definition) is 2. The lowest BCUT2D eigenvalue weighted by Crippen LogP contribution is -2.22. The van der Waals surface area contributed by atoms with Gasteiger partial charge >= 0.3 is 0 Å². The van der Waals surface area contributed by atoms with Gasteiger partial charge in [0.15, 0.2) is 0 Å². The van der Waals surface area contributed by atoms with Crippen molar-refractivity contribution in [2.75, 3.05) is 5.32 Å². The SMILES string of the molecule is C/C(CC(=O)Nc1ccc(F)cc1)=N/NC(=O)c1ccccn1. The molecule has 1 aromatic carbocycles. The quantitative estimate of drug-likeness (QED) is 0.656. The van der Waals surface area contributed by atoms with Gasteiger partial charge in [-0.3, -0.25) is 14.6 Å². The number of rotatable bonds is 5. The molecule has 0 spiro atoms. The number of amides is 2. The molecule has 2 rings (SSSR count). The van der Waals surface area contributed by atoms with Crippen molar-refractivity contribution >= 4 is 23.2 Å². The Bertz CT molecular complexity index is 715. The zero-order valence-corrected chi connectivity index (χ0v) is 12.4. The van der Waals surface area contributed by atoms with Gasteiger partial charge in [0.2, 0.25) is 5.91 Å². The number of hydrogen-bond acceptors (Lipinski definition) is 4. The summed E-state index contributed by atoms with van der Waals surface area (Å²) in [7, 11) is 0. The molecule has 2 aromatic rings. The third kappa shape index (κ3) is 5.31. The topological polar surface area (TPSA) is 83.5 Å². The molecule has 0 saturated heterocycles. The van der Waals surface area contributed by atoms with E-state index in [9.17, 15) is 14.0 Å². The van der Waals surface area contributed by atoms with Crippen LogP contribution < -0.4 is 10.7 Å². The first-order valence-corrected chi connectivity index (χ1v) is 6.84. The van der Waals surface area contributed by atoms with Crippen LogP contribution in [0, 0.1) is 5.82 Å². The van der Waals surface area contributed by atoms with E-state index in [1.54, 1.807) is 25.1 Å². The smallest absolute Gasteiger partial charge is 0.289 e. The highest BCUT2D eigenvalue weighted by atomic mass is 19.1. The molecule has 0 saturated carbocycles. The number of aromatic nitrogens is 1. The number of benzene rings is 1. The second-order valence-electron chi connectivity index (χ2n) is 4.73. The Morgan fingerprint density at radius 1 is 1.17 bits per heavy atom. The van der Waals surface area contributed by atoms with Crippen molar-refractivity contribution in [2.24, 2.45) is 5.10 Å². The van der Waals surface area contributed by atoms with Gasteiger partial charge in [-0.1, -0.05) is 6.07 Å². The van der Waals surface area contributed by atoms with Crippen LogP contribution in [-0.2, 0) is 4.79 Å². The van der Waals surface area contributed by atoms with E-state index >= 15 is 0 Å². The first kappa shape index (κ1) is 16.3. The normalized spacial score (nSPS) is 11.0. The third-order valence-corrected chi connectivity index (χ3v) is 2.79. The van der Waals surface area contributed by atoms with Crippen molar-refractivity contribution in [1.82, 2.24) is 10.4 Å². The predicted octanol–water partition coefficient (Wildman–Crippen LogP) is 2.36. The largest absolute Gasteiger partial charge is 0.326 e. The number of nitrogens with one attached hydrogen (secondary N) is 2. The molecular formula is C16H15FN4O2. The minimum absolute atomic E-state index is 0.000124. The summed E-state index contributed by atoms with van der Waals surface area (Å²) in [4.78, 5) is 27.4. The van der Waals surface area contributed by atoms with Crippen LogP contribution in [0.25, 0.3) is 0 Å². The fourth-order valence-electron chi connectivity index (χ4n) is 1.71. The number of anilines is 1. The van der Waals surface area contributed by atoms with E-state index in [2.05, 4.69) is 20.8 Å². The summed E-state index contributed by atoms with van der Waals surface area (Å²) in [6, 6.07) is 10.4. The molecule has 1 heterocycles. The first-order valence-electron chi connectivity index (χ1n) is 6.84. The lowest BCUT2D eigenvalue weighted by atomic mass is 10.2. The van der Waals surface area contributed by atoms with Crippen LogP contribution in [0.3, 0.4) is 0 Å². The monoisotopic (exact) mass is 314 g/mol. The lowest BCUT2D eigenvalue weighted by molar-refractivity contribution is -0.115. The average Bonchev–Trinajstić information content (AvgIpc) is 2.55. The van der Waals surface area contributed by atoms with E-state index < -0.39 is 5.91 Å². The van der Waals surface area contributed by atoms with Crippen LogP contribution in [-0.4, -0.2) is 22.5 Å². The molecule has 118 valence electrons. The molecule has 0 aliphatic rings. The summed E-state index contributed by atoms with van der Waals surface area (Å²) in [6.45, 7) is 1.61. The van der Waals surface area contributed by atoms with Gasteiger partial charge in [0.25, 0.3) is 5.91 Å². The molecular weight excluding hydrogens is 299 g/mol. The molecule has 2 N–H and O–H groups in total. The van der Waals surface area contributed by atoms with E-state index in [0.29, 0.717) is 11.4 Å². The number of halogens is 1. The van der Waals surface area contributed by atoms with Crippen LogP contribution in [0.4, 0.5) is 10.1 Å². The number of pyridine rings is 1. The number of carbonyl (C=O) groups is 2. The zero-order chi connectivity index (χ0) is 16.7. The molecule has 0 atom stereocenters. The number of hydrazone groups is 1. The summed E-state index contributed by atoms with van der Waals surface area (Å²) < 4.78 is 12.8. The van der Waals surface area contributed by atoms with Gasteiger partial charge in [-0.05, 0) is 43.3 Å². The van der Waals surface area contributed by atoms with Crippen molar-refractivity contribution < 1.29 is 14.0 Å². The molecule has 0 fully saturated rings. The van der Waals surface area contributed by atoms with Crippen LogP contribution in [0.1, 0.15) is 23.8 Å². The van der Waals surface area contributed by atoms with Gasteiger partial charge in [0.05, 0.1) is 6.42 Å². The average molecular weight is 314 g/mol. The maximum atomic E-state index is 12.8. The highest BCUT2D eigenvalue weighted by Gasteiger charge is 2.07. The third-order valence-electron chi connectivity index (χ3n) is 2.79. The Hall–Kier alpha value is -3.09. The zero-order valence-electron chi connectivity index (χ0n) is 12.4. The van der Waals surface area contributed by atoms with Crippen molar-refractivity contribution in [3.8, 4) is 0 Å². The number of carbonyl (C=O) groups excluding carboxylic acids is 2. The summed E-state index contributed by atoms with van der Waals surface area (Å²) >= 11 is 0. The molecule has 6 nitrogen and oxygen atoms in total. The van der Waals surface area contributed by atoms with Crippen molar-refractivity contribution in [1.29, 1.82) is 0 Å². The summed E-state index contributed by atoms with van der Waals surface area (Å²) in [5.74, 6) is -1.15. The number of nitrogens with zero attached hydrogens (tertiary/aromatic N) is 2. The van der Waals surface area contributed by atoms with Crippen LogP contribution >= 0.6 is 0 Å². The molecule has 0 aliphatic heterocycles. The molecule has 7 heteroatoms. The second kappa shape index (κ2) is 7.79. The van der Waals surface area contributed by atoms with Crippen LogP contribution in [0.2, 0.25) is 0 Å². The van der Waals surface area contributed by atoms with Gasteiger partial charge in [-0.25, -0.2) is 9.82 Å². The highest BCUT2D eigenvalue weighted by Crippen LogP contribution is 2.08. The molecule has 23 heavy (non-hydrogen) atoms. The van der Waals surface area contributed by atoms with Gasteiger partial charge in [-0.15, -0.1) is 0 Å².